The molecular weight excluding hydrogens is 400 g/mol. The standard InChI is InChI=1S/C27H26N2O3/c1-18(2)32-23-14-12-21(13-15-23)24-25(28-22-11-7-8-19(3)16-22)27(31)29(26(24)30)17-20-9-5-4-6-10-20/h4-16,18,28H,17H2,1-3H3. The van der Waals surface area contributed by atoms with Crippen LogP contribution in [0.15, 0.2) is 84.6 Å². The summed E-state index contributed by atoms with van der Waals surface area (Å²) in [5.74, 6) is 0.0693. The number of hydrogen-bond acceptors (Lipinski definition) is 4. The Bertz CT molecular complexity index is 1170. The fourth-order valence-electron chi connectivity index (χ4n) is 3.71. The Balaban J connectivity index is 1.72. The zero-order valence-electron chi connectivity index (χ0n) is 18.5. The molecule has 1 aliphatic heterocycles. The van der Waals surface area contributed by atoms with E-state index < -0.39 is 0 Å². The van der Waals surface area contributed by atoms with Gasteiger partial charge < -0.3 is 10.1 Å². The number of ether oxygens (including phenoxy) is 1. The molecule has 32 heavy (non-hydrogen) atoms. The Morgan fingerprint density at radius 1 is 0.875 bits per heavy atom. The molecule has 0 saturated heterocycles. The van der Waals surface area contributed by atoms with E-state index in [1.807, 2.05) is 99.6 Å². The maximum Gasteiger partial charge on any atom is 0.278 e. The van der Waals surface area contributed by atoms with E-state index in [-0.39, 0.29) is 30.2 Å². The third-order valence-electron chi connectivity index (χ3n) is 5.15. The van der Waals surface area contributed by atoms with Crippen LogP contribution in [0, 0.1) is 6.92 Å². The highest BCUT2D eigenvalue weighted by Crippen LogP contribution is 2.32. The topological polar surface area (TPSA) is 58.6 Å². The quantitative estimate of drug-likeness (QED) is 0.529. The van der Waals surface area contributed by atoms with Gasteiger partial charge in [-0.1, -0.05) is 54.6 Å². The molecule has 0 spiro atoms. The van der Waals surface area contributed by atoms with Gasteiger partial charge in [0.05, 0.1) is 18.2 Å². The minimum absolute atomic E-state index is 0.0506. The van der Waals surface area contributed by atoms with Crippen molar-refractivity contribution in [2.75, 3.05) is 5.32 Å². The lowest BCUT2D eigenvalue weighted by Crippen LogP contribution is -2.31. The molecule has 1 aliphatic rings. The molecule has 0 unspecified atom stereocenters. The summed E-state index contributed by atoms with van der Waals surface area (Å²) in [5, 5.41) is 3.21. The number of benzene rings is 3. The number of nitrogens with zero attached hydrogens (tertiary/aromatic N) is 1. The summed E-state index contributed by atoms with van der Waals surface area (Å²) in [6.07, 6.45) is 0.0506. The second-order valence-corrected chi connectivity index (χ2v) is 8.12. The van der Waals surface area contributed by atoms with Crippen LogP contribution >= 0.6 is 0 Å². The fourth-order valence-corrected chi connectivity index (χ4v) is 3.71. The number of amides is 2. The lowest BCUT2D eigenvalue weighted by atomic mass is 10.0. The number of imide groups is 1. The highest BCUT2D eigenvalue weighted by molar-refractivity contribution is 6.36. The Hall–Kier alpha value is -3.86. The lowest BCUT2D eigenvalue weighted by Gasteiger charge is -2.15. The van der Waals surface area contributed by atoms with Gasteiger partial charge in [0.2, 0.25) is 0 Å². The summed E-state index contributed by atoms with van der Waals surface area (Å²) in [7, 11) is 0. The van der Waals surface area contributed by atoms with Gasteiger partial charge in [-0.3, -0.25) is 14.5 Å². The fraction of sp³-hybridized carbons (Fsp3) is 0.185. The van der Waals surface area contributed by atoms with E-state index in [9.17, 15) is 9.59 Å². The second-order valence-electron chi connectivity index (χ2n) is 8.12. The van der Waals surface area contributed by atoms with E-state index in [0.717, 1.165) is 22.6 Å². The van der Waals surface area contributed by atoms with Gasteiger partial charge in [0.25, 0.3) is 11.8 Å². The second kappa shape index (κ2) is 9.10. The first-order valence-electron chi connectivity index (χ1n) is 10.7. The lowest BCUT2D eigenvalue weighted by molar-refractivity contribution is -0.137. The molecule has 2 amide bonds. The van der Waals surface area contributed by atoms with Gasteiger partial charge in [-0.15, -0.1) is 0 Å². The monoisotopic (exact) mass is 426 g/mol. The first-order valence-corrected chi connectivity index (χ1v) is 10.7. The van der Waals surface area contributed by atoms with Crippen LogP contribution in [0.25, 0.3) is 5.57 Å². The Morgan fingerprint density at radius 2 is 1.59 bits per heavy atom. The van der Waals surface area contributed by atoms with E-state index >= 15 is 0 Å². The van der Waals surface area contributed by atoms with Crippen molar-refractivity contribution in [3.8, 4) is 5.75 Å². The number of nitrogens with one attached hydrogen (secondary N) is 1. The zero-order chi connectivity index (χ0) is 22.7. The molecule has 1 N–H and O–H groups in total. The molecule has 0 aromatic heterocycles. The van der Waals surface area contributed by atoms with Crippen LogP contribution in [0.3, 0.4) is 0 Å². The minimum Gasteiger partial charge on any atom is -0.491 e. The van der Waals surface area contributed by atoms with E-state index in [0.29, 0.717) is 11.1 Å². The highest BCUT2D eigenvalue weighted by Gasteiger charge is 2.39. The van der Waals surface area contributed by atoms with Gasteiger partial charge in [0.15, 0.2) is 0 Å². The molecule has 3 aromatic carbocycles. The summed E-state index contributed by atoms with van der Waals surface area (Å²) in [4.78, 5) is 28.1. The summed E-state index contributed by atoms with van der Waals surface area (Å²) in [6.45, 7) is 6.12. The minimum atomic E-state index is -0.335. The molecular formula is C27H26N2O3. The Morgan fingerprint density at radius 3 is 2.25 bits per heavy atom. The predicted molar refractivity (Wildman–Crippen MR) is 126 cm³/mol. The smallest absolute Gasteiger partial charge is 0.278 e. The highest BCUT2D eigenvalue weighted by atomic mass is 16.5. The molecule has 0 aliphatic carbocycles. The number of carbonyl (C=O) groups is 2. The van der Waals surface area contributed by atoms with Gasteiger partial charge in [-0.25, -0.2) is 0 Å². The van der Waals surface area contributed by atoms with Gasteiger partial charge >= 0.3 is 0 Å². The normalized spacial score (nSPS) is 13.8. The van der Waals surface area contributed by atoms with E-state index in [2.05, 4.69) is 5.32 Å². The molecule has 162 valence electrons. The van der Waals surface area contributed by atoms with Crippen molar-refractivity contribution in [3.63, 3.8) is 0 Å². The molecule has 4 rings (SSSR count). The van der Waals surface area contributed by atoms with Crippen LogP contribution in [0.5, 0.6) is 5.75 Å². The van der Waals surface area contributed by atoms with Gasteiger partial charge in [0, 0.05) is 5.69 Å². The van der Waals surface area contributed by atoms with Gasteiger partial charge in [-0.2, -0.15) is 0 Å². The maximum atomic E-state index is 13.4. The third-order valence-corrected chi connectivity index (χ3v) is 5.15. The molecule has 3 aromatic rings. The Kier molecular flexibility index (Phi) is 6.08. The van der Waals surface area contributed by atoms with Crippen LogP contribution in [0.2, 0.25) is 0 Å². The average Bonchev–Trinajstić information content (AvgIpc) is 2.99. The number of hydrogen-bond donors (Lipinski definition) is 1. The molecule has 5 heteroatoms. The van der Waals surface area contributed by atoms with Crippen molar-refractivity contribution >= 4 is 23.1 Å². The molecule has 0 atom stereocenters. The summed E-state index contributed by atoms with van der Waals surface area (Å²) in [5.41, 5.74) is 4.04. The number of rotatable bonds is 7. The molecule has 0 fully saturated rings. The summed E-state index contributed by atoms with van der Waals surface area (Å²) >= 11 is 0. The van der Waals surface area contributed by atoms with Crippen LogP contribution < -0.4 is 10.1 Å². The van der Waals surface area contributed by atoms with Crippen molar-refractivity contribution in [2.45, 2.75) is 33.4 Å². The molecule has 0 saturated carbocycles. The third kappa shape index (κ3) is 4.57. The van der Waals surface area contributed by atoms with Crippen molar-refractivity contribution in [3.05, 3.63) is 101 Å². The molecule has 1 heterocycles. The van der Waals surface area contributed by atoms with E-state index in [4.69, 9.17) is 4.74 Å². The first kappa shape index (κ1) is 21.4. The van der Waals surface area contributed by atoms with Crippen LogP contribution in [-0.4, -0.2) is 22.8 Å². The van der Waals surface area contributed by atoms with Crippen LogP contribution in [0.1, 0.15) is 30.5 Å². The average molecular weight is 427 g/mol. The largest absolute Gasteiger partial charge is 0.491 e. The SMILES string of the molecule is Cc1cccc(NC2=C(c3ccc(OC(C)C)cc3)C(=O)N(Cc3ccccc3)C2=O)c1. The predicted octanol–water partition coefficient (Wildman–Crippen LogP) is 5.17. The first-order chi connectivity index (χ1) is 15.4. The zero-order valence-corrected chi connectivity index (χ0v) is 18.5. The molecule has 5 nitrogen and oxygen atoms in total. The number of aryl methyl sites for hydroxylation is 1. The number of anilines is 1. The molecule has 0 bridgehead atoms. The van der Waals surface area contributed by atoms with Crippen molar-refractivity contribution < 1.29 is 14.3 Å². The van der Waals surface area contributed by atoms with E-state index in [1.165, 1.54) is 4.90 Å². The van der Waals surface area contributed by atoms with Crippen molar-refractivity contribution in [1.29, 1.82) is 0 Å². The summed E-state index contributed by atoms with van der Waals surface area (Å²) < 4.78 is 5.72. The summed E-state index contributed by atoms with van der Waals surface area (Å²) in [6, 6.07) is 24.5. The molecule has 0 radical (unpaired) electrons. The van der Waals surface area contributed by atoms with Gasteiger partial charge in [-0.05, 0) is 61.7 Å². The van der Waals surface area contributed by atoms with Crippen molar-refractivity contribution in [2.24, 2.45) is 0 Å². The van der Waals surface area contributed by atoms with Crippen LogP contribution in [0.4, 0.5) is 5.69 Å². The van der Waals surface area contributed by atoms with Gasteiger partial charge in [0.1, 0.15) is 11.4 Å². The van der Waals surface area contributed by atoms with Crippen molar-refractivity contribution in [1.82, 2.24) is 4.90 Å². The van der Waals surface area contributed by atoms with E-state index in [1.54, 1.807) is 0 Å². The Labute approximate surface area is 188 Å². The number of carbonyl (C=O) groups excluding carboxylic acids is 2. The maximum absolute atomic E-state index is 13.4. The van der Waals surface area contributed by atoms with Crippen LogP contribution in [-0.2, 0) is 16.1 Å².